The van der Waals surface area contributed by atoms with Crippen molar-refractivity contribution in [3.05, 3.63) is 30.1 Å². The van der Waals surface area contributed by atoms with Gasteiger partial charge in [-0.15, -0.1) is 0 Å². The lowest BCUT2D eigenvalue weighted by atomic mass is 10.1. The Bertz CT molecular complexity index is 820. The van der Waals surface area contributed by atoms with Crippen molar-refractivity contribution in [1.82, 2.24) is 8.96 Å². The summed E-state index contributed by atoms with van der Waals surface area (Å²) in [5.41, 5.74) is 2.04. The van der Waals surface area contributed by atoms with E-state index in [4.69, 9.17) is 9.47 Å². The number of rotatable bonds is 4. The van der Waals surface area contributed by atoms with Crippen LogP contribution in [0.2, 0.25) is 0 Å². The van der Waals surface area contributed by atoms with Crippen LogP contribution in [0.1, 0.15) is 5.56 Å². The summed E-state index contributed by atoms with van der Waals surface area (Å²) in [6.45, 7) is 1.17. The molecule has 0 saturated carbocycles. The molecule has 0 atom stereocenters. The van der Waals surface area contributed by atoms with Gasteiger partial charge in [0.2, 0.25) is 10.0 Å². The molecule has 1 N–H and O–H groups in total. The predicted molar refractivity (Wildman–Crippen MR) is 84.2 cm³/mol. The first-order valence-electron chi connectivity index (χ1n) is 6.80. The molecule has 7 nitrogen and oxygen atoms in total. The number of hydrogen-bond donors (Lipinski definition) is 1. The summed E-state index contributed by atoms with van der Waals surface area (Å²) >= 11 is 0. The van der Waals surface area contributed by atoms with Crippen molar-refractivity contribution >= 4 is 32.8 Å². The number of nitrogens with one attached hydrogen (secondary N) is 1. The van der Waals surface area contributed by atoms with Gasteiger partial charge in [0.05, 0.1) is 25.2 Å². The lowest BCUT2D eigenvalue weighted by molar-refractivity contribution is -0.000906. The number of nitrogens with zero attached hydrogens (tertiary/aromatic N) is 2. The largest absolute Gasteiger partial charge is 0.387 e. The molecule has 1 fully saturated rings. The Balaban J connectivity index is 2.05. The van der Waals surface area contributed by atoms with Crippen LogP contribution in [-0.4, -0.2) is 50.2 Å². The summed E-state index contributed by atoms with van der Waals surface area (Å²) in [7, 11) is -1.60. The van der Waals surface area contributed by atoms with Gasteiger partial charge in [-0.05, 0) is 12.1 Å². The molecular weight excluding hydrogens is 306 g/mol. The number of aromatic nitrogens is 2. The third-order valence-electron chi connectivity index (χ3n) is 3.40. The number of anilines is 1. The Morgan fingerprint density at radius 3 is 2.77 bits per heavy atom. The summed E-state index contributed by atoms with van der Waals surface area (Å²) in [6.07, 6.45) is 7.60. The van der Waals surface area contributed by atoms with Crippen molar-refractivity contribution in [3.8, 4) is 0 Å². The Labute approximate surface area is 128 Å². The average molecular weight is 323 g/mol. The van der Waals surface area contributed by atoms with E-state index in [1.54, 1.807) is 19.3 Å². The van der Waals surface area contributed by atoms with Crippen LogP contribution < -0.4 is 5.32 Å². The number of pyridine rings is 1. The van der Waals surface area contributed by atoms with Gasteiger partial charge in [-0.1, -0.05) is 6.08 Å². The first kappa shape index (κ1) is 15.0. The molecule has 0 bridgehead atoms. The highest BCUT2D eigenvalue weighted by atomic mass is 32.2. The van der Waals surface area contributed by atoms with E-state index in [1.807, 2.05) is 12.2 Å². The highest BCUT2D eigenvalue weighted by Gasteiger charge is 2.16. The fraction of sp³-hybridized carbons (Fsp3) is 0.357. The van der Waals surface area contributed by atoms with Gasteiger partial charge in [0.25, 0.3) is 0 Å². The van der Waals surface area contributed by atoms with E-state index in [0.717, 1.165) is 22.9 Å². The van der Waals surface area contributed by atoms with Crippen molar-refractivity contribution in [1.29, 1.82) is 0 Å². The fourth-order valence-corrected chi connectivity index (χ4v) is 3.16. The molecular formula is C14H17N3O4S. The maximum absolute atomic E-state index is 11.7. The van der Waals surface area contributed by atoms with Crippen LogP contribution in [0.15, 0.2) is 24.5 Å². The standard InChI is InChI=1S/C14H17N3O4S/c1-15-13-10(3-4-12-20-7-8-21-12)9-16-14-11(13)5-6-17(14)22(2,18)19/h3-6,9,12H,7-8H2,1-2H3,(H,15,16)/b4-3+. The second-order valence-electron chi connectivity index (χ2n) is 4.92. The summed E-state index contributed by atoms with van der Waals surface area (Å²) in [5, 5.41) is 3.84. The van der Waals surface area contributed by atoms with Gasteiger partial charge >= 0.3 is 0 Å². The number of hydrogen-bond acceptors (Lipinski definition) is 6. The van der Waals surface area contributed by atoms with Crippen LogP contribution in [0.5, 0.6) is 0 Å². The molecule has 1 aliphatic heterocycles. The topological polar surface area (TPSA) is 82.4 Å². The smallest absolute Gasteiger partial charge is 0.237 e. The van der Waals surface area contributed by atoms with Crippen LogP contribution in [0.25, 0.3) is 17.1 Å². The van der Waals surface area contributed by atoms with Crippen molar-refractivity contribution in [2.45, 2.75) is 6.29 Å². The first-order valence-corrected chi connectivity index (χ1v) is 8.65. The van der Waals surface area contributed by atoms with Gasteiger partial charge in [-0.3, -0.25) is 0 Å². The zero-order valence-electron chi connectivity index (χ0n) is 12.3. The monoisotopic (exact) mass is 323 g/mol. The van der Waals surface area contributed by atoms with E-state index in [-0.39, 0.29) is 6.29 Å². The third kappa shape index (κ3) is 2.72. The minimum atomic E-state index is -3.38. The summed E-state index contributed by atoms with van der Waals surface area (Å²) in [6, 6.07) is 1.73. The van der Waals surface area contributed by atoms with Gasteiger partial charge in [0.1, 0.15) is 0 Å². The molecule has 3 rings (SSSR count). The Kier molecular flexibility index (Phi) is 3.90. The summed E-state index contributed by atoms with van der Waals surface area (Å²) in [4.78, 5) is 4.27. The molecule has 0 amide bonds. The fourth-order valence-electron chi connectivity index (χ4n) is 2.42. The highest BCUT2D eigenvalue weighted by Crippen LogP contribution is 2.28. The molecule has 118 valence electrons. The lowest BCUT2D eigenvalue weighted by Gasteiger charge is -2.09. The van der Waals surface area contributed by atoms with E-state index in [0.29, 0.717) is 18.9 Å². The van der Waals surface area contributed by atoms with Crippen LogP contribution in [0.3, 0.4) is 0 Å². The van der Waals surface area contributed by atoms with Crippen molar-refractivity contribution in [3.63, 3.8) is 0 Å². The zero-order valence-corrected chi connectivity index (χ0v) is 13.1. The highest BCUT2D eigenvalue weighted by molar-refractivity contribution is 7.89. The van der Waals surface area contributed by atoms with Crippen LogP contribution in [-0.2, 0) is 19.5 Å². The van der Waals surface area contributed by atoms with Crippen LogP contribution in [0, 0.1) is 0 Å². The van der Waals surface area contributed by atoms with E-state index >= 15 is 0 Å². The van der Waals surface area contributed by atoms with Gasteiger partial charge in [-0.2, -0.15) is 0 Å². The molecule has 8 heteroatoms. The lowest BCUT2D eigenvalue weighted by Crippen LogP contribution is -2.09. The molecule has 0 aromatic carbocycles. The maximum Gasteiger partial charge on any atom is 0.237 e. The van der Waals surface area contributed by atoms with Gasteiger partial charge in [0, 0.05) is 30.4 Å². The second kappa shape index (κ2) is 5.71. The quantitative estimate of drug-likeness (QED) is 0.912. The van der Waals surface area contributed by atoms with Gasteiger partial charge in [0.15, 0.2) is 11.9 Å². The molecule has 0 radical (unpaired) electrons. The molecule has 2 aromatic rings. The SMILES string of the molecule is CNc1c(/C=C/C2OCCO2)cnc2c1ccn2S(C)(=O)=O. The molecule has 22 heavy (non-hydrogen) atoms. The van der Waals surface area contributed by atoms with Crippen molar-refractivity contribution in [2.24, 2.45) is 0 Å². The van der Waals surface area contributed by atoms with E-state index in [9.17, 15) is 8.42 Å². The molecule has 1 aliphatic rings. The maximum atomic E-state index is 11.7. The van der Waals surface area contributed by atoms with Crippen molar-refractivity contribution < 1.29 is 17.9 Å². The predicted octanol–water partition coefficient (Wildman–Crippen LogP) is 1.27. The van der Waals surface area contributed by atoms with E-state index in [1.165, 1.54) is 10.2 Å². The van der Waals surface area contributed by atoms with Crippen molar-refractivity contribution in [2.75, 3.05) is 31.8 Å². The van der Waals surface area contributed by atoms with E-state index in [2.05, 4.69) is 10.3 Å². The van der Waals surface area contributed by atoms with E-state index < -0.39 is 10.0 Å². The molecule has 0 spiro atoms. The average Bonchev–Trinajstić information content (AvgIpc) is 3.12. The number of ether oxygens (including phenoxy) is 2. The molecule has 1 saturated heterocycles. The summed E-state index contributed by atoms with van der Waals surface area (Å²) < 4.78 is 35.4. The first-order chi connectivity index (χ1) is 10.5. The van der Waals surface area contributed by atoms with Crippen LogP contribution in [0.4, 0.5) is 5.69 Å². The molecule has 2 aromatic heterocycles. The molecule has 3 heterocycles. The summed E-state index contributed by atoms with van der Waals surface area (Å²) in [5.74, 6) is 0. The minimum absolute atomic E-state index is 0.346. The third-order valence-corrected chi connectivity index (χ3v) is 4.41. The Hall–Kier alpha value is -1.90. The number of fused-ring (bicyclic) bond motifs is 1. The normalized spacial score (nSPS) is 16.8. The molecule has 0 aliphatic carbocycles. The second-order valence-corrected chi connectivity index (χ2v) is 6.78. The van der Waals surface area contributed by atoms with Crippen LogP contribution >= 0.6 is 0 Å². The minimum Gasteiger partial charge on any atom is -0.387 e. The Morgan fingerprint density at radius 2 is 2.14 bits per heavy atom. The zero-order chi connectivity index (χ0) is 15.7. The Morgan fingerprint density at radius 1 is 1.41 bits per heavy atom. The molecule has 0 unspecified atom stereocenters. The van der Waals surface area contributed by atoms with Gasteiger partial charge in [-0.25, -0.2) is 17.4 Å². The van der Waals surface area contributed by atoms with Gasteiger partial charge < -0.3 is 14.8 Å².